The summed E-state index contributed by atoms with van der Waals surface area (Å²) in [6.45, 7) is 3.58. The van der Waals surface area contributed by atoms with Crippen molar-refractivity contribution in [3.05, 3.63) is 47.5 Å². The number of nitrogens with one attached hydrogen (secondary N) is 2. The molecule has 1 aromatic heterocycles. The minimum absolute atomic E-state index is 0.162. The predicted octanol–water partition coefficient (Wildman–Crippen LogP) is 3.54. The average Bonchev–Trinajstić information content (AvgIpc) is 2.98. The molecule has 0 fully saturated rings. The lowest BCUT2D eigenvalue weighted by Gasteiger charge is -2.12. The van der Waals surface area contributed by atoms with E-state index in [0.29, 0.717) is 21.7 Å². The number of halogens is 1. The maximum atomic E-state index is 11.7. The molecule has 0 atom stereocenters. The summed E-state index contributed by atoms with van der Waals surface area (Å²) in [5.74, 6) is -0.326. The van der Waals surface area contributed by atoms with Gasteiger partial charge in [0, 0.05) is 5.92 Å². The highest BCUT2D eigenvalue weighted by Crippen LogP contribution is 2.27. The molecule has 0 aliphatic heterocycles. The van der Waals surface area contributed by atoms with Gasteiger partial charge in [0.15, 0.2) is 5.11 Å². The third-order valence-corrected chi connectivity index (χ3v) is 3.98. The van der Waals surface area contributed by atoms with Gasteiger partial charge in [0.2, 0.25) is 5.91 Å². The average molecular weight is 374 g/mol. The Morgan fingerprint density at radius 3 is 2.44 bits per heavy atom. The van der Waals surface area contributed by atoms with E-state index in [1.54, 1.807) is 30.8 Å². The summed E-state index contributed by atoms with van der Waals surface area (Å²) in [6, 6.07) is 13.0. The fourth-order valence-corrected chi connectivity index (χ4v) is 2.54. The number of hydrogen-bond acceptors (Lipinski definition) is 4. The first-order valence-corrected chi connectivity index (χ1v) is 8.46. The molecule has 25 heavy (non-hydrogen) atoms. The van der Waals surface area contributed by atoms with Crippen LogP contribution in [0.4, 0.5) is 5.69 Å². The number of anilines is 1. The molecule has 0 bridgehead atoms. The smallest absolute Gasteiger partial charge is 0.228 e. The van der Waals surface area contributed by atoms with E-state index < -0.39 is 0 Å². The van der Waals surface area contributed by atoms with Crippen LogP contribution in [0, 0.1) is 5.92 Å². The van der Waals surface area contributed by atoms with Gasteiger partial charge in [-0.3, -0.25) is 4.79 Å². The molecule has 1 heterocycles. The zero-order chi connectivity index (χ0) is 18.0. The third-order valence-electron chi connectivity index (χ3n) is 3.47. The van der Waals surface area contributed by atoms with Crippen LogP contribution in [0.3, 0.4) is 0 Å². The summed E-state index contributed by atoms with van der Waals surface area (Å²) < 4.78 is 0. The number of carbonyl (C=O) groups is 1. The van der Waals surface area contributed by atoms with Crippen molar-refractivity contribution >= 4 is 51.6 Å². The molecule has 0 aliphatic carbocycles. The first-order chi connectivity index (χ1) is 11.9. The van der Waals surface area contributed by atoms with Crippen LogP contribution >= 0.6 is 23.8 Å². The summed E-state index contributed by atoms with van der Waals surface area (Å²) >= 11 is 11.4. The van der Waals surface area contributed by atoms with Gasteiger partial charge in [-0.1, -0.05) is 43.6 Å². The molecule has 128 valence electrons. The van der Waals surface area contributed by atoms with Crippen LogP contribution in [-0.4, -0.2) is 26.0 Å². The Morgan fingerprint density at radius 1 is 1.16 bits per heavy atom. The van der Waals surface area contributed by atoms with Gasteiger partial charge in [0.25, 0.3) is 0 Å². The summed E-state index contributed by atoms with van der Waals surface area (Å²) in [5.41, 5.74) is 2.73. The molecule has 0 aliphatic rings. The van der Waals surface area contributed by atoms with E-state index in [4.69, 9.17) is 23.8 Å². The molecule has 3 aromatic rings. The van der Waals surface area contributed by atoms with Crippen LogP contribution in [0.5, 0.6) is 0 Å². The van der Waals surface area contributed by atoms with E-state index in [0.717, 1.165) is 5.69 Å². The van der Waals surface area contributed by atoms with Crippen molar-refractivity contribution in [3.8, 4) is 5.69 Å². The number of hydrogen-bond donors (Lipinski definition) is 2. The van der Waals surface area contributed by atoms with Crippen LogP contribution in [0.1, 0.15) is 13.8 Å². The molecule has 2 aromatic carbocycles. The summed E-state index contributed by atoms with van der Waals surface area (Å²) in [7, 11) is 0. The number of rotatable bonds is 3. The quantitative estimate of drug-likeness (QED) is 0.687. The highest BCUT2D eigenvalue weighted by molar-refractivity contribution is 7.80. The largest absolute Gasteiger partial charge is 0.331 e. The van der Waals surface area contributed by atoms with Crippen molar-refractivity contribution in [2.24, 2.45) is 5.92 Å². The maximum absolute atomic E-state index is 11.7. The molecular formula is C17H16ClN5OS. The SMILES string of the molecule is CC(C)C(=O)NC(=S)Nc1cc2nn(-c3ccccc3)nc2cc1Cl. The third kappa shape index (κ3) is 3.94. The first-order valence-electron chi connectivity index (χ1n) is 7.68. The van der Waals surface area contributed by atoms with Crippen molar-refractivity contribution in [1.82, 2.24) is 20.3 Å². The number of para-hydroxylation sites is 1. The monoisotopic (exact) mass is 373 g/mol. The lowest BCUT2D eigenvalue weighted by atomic mass is 10.2. The van der Waals surface area contributed by atoms with Crippen molar-refractivity contribution < 1.29 is 4.79 Å². The number of fused-ring (bicyclic) bond motifs is 1. The molecule has 6 nitrogen and oxygen atoms in total. The maximum Gasteiger partial charge on any atom is 0.228 e. The van der Waals surface area contributed by atoms with Crippen molar-refractivity contribution in [3.63, 3.8) is 0 Å². The fraction of sp³-hybridized carbons (Fsp3) is 0.176. The van der Waals surface area contributed by atoms with Gasteiger partial charge in [-0.2, -0.15) is 4.80 Å². The Labute approximate surface area is 155 Å². The van der Waals surface area contributed by atoms with Crippen molar-refractivity contribution in [2.45, 2.75) is 13.8 Å². The molecule has 2 N–H and O–H groups in total. The molecular weight excluding hydrogens is 358 g/mol. The Balaban J connectivity index is 1.86. The lowest BCUT2D eigenvalue weighted by Crippen LogP contribution is -2.36. The van der Waals surface area contributed by atoms with E-state index >= 15 is 0 Å². The normalized spacial score (nSPS) is 10.9. The van der Waals surface area contributed by atoms with E-state index in [2.05, 4.69) is 20.8 Å². The number of aromatic nitrogens is 3. The van der Waals surface area contributed by atoms with E-state index in [1.807, 2.05) is 30.3 Å². The van der Waals surface area contributed by atoms with E-state index in [1.165, 1.54) is 0 Å². The topological polar surface area (TPSA) is 71.8 Å². The van der Waals surface area contributed by atoms with Gasteiger partial charge in [0.05, 0.1) is 16.4 Å². The molecule has 1 amide bonds. The number of carbonyl (C=O) groups excluding carboxylic acids is 1. The van der Waals surface area contributed by atoms with E-state index in [9.17, 15) is 4.79 Å². The Bertz CT molecular complexity index is 939. The van der Waals surface area contributed by atoms with Crippen LogP contribution in [0.25, 0.3) is 16.7 Å². The number of amides is 1. The van der Waals surface area contributed by atoms with Crippen molar-refractivity contribution in [1.29, 1.82) is 0 Å². The summed E-state index contributed by atoms with van der Waals surface area (Å²) in [6.07, 6.45) is 0. The fourth-order valence-electron chi connectivity index (χ4n) is 2.12. The number of benzene rings is 2. The Hall–Kier alpha value is -2.51. The highest BCUT2D eigenvalue weighted by atomic mass is 35.5. The minimum atomic E-state index is -0.163. The summed E-state index contributed by atoms with van der Waals surface area (Å²) in [4.78, 5) is 13.2. The molecule has 3 rings (SSSR count). The zero-order valence-corrected chi connectivity index (χ0v) is 15.2. The molecule has 8 heteroatoms. The molecule has 0 saturated carbocycles. The molecule has 0 spiro atoms. The molecule has 0 radical (unpaired) electrons. The Morgan fingerprint density at radius 2 is 1.80 bits per heavy atom. The van der Waals surface area contributed by atoms with Crippen molar-refractivity contribution in [2.75, 3.05) is 5.32 Å². The minimum Gasteiger partial charge on any atom is -0.331 e. The standard InChI is InChI=1S/C17H16ClN5OS/c1-10(2)16(24)20-17(25)19-13-9-15-14(8-12(13)18)21-23(22-15)11-6-4-3-5-7-11/h3-10H,1-2H3,(H2,19,20,24,25). The zero-order valence-electron chi connectivity index (χ0n) is 13.7. The van der Waals surface area contributed by atoms with E-state index in [-0.39, 0.29) is 16.9 Å². The first kappa shape index (κ1) is 17.3. The van der Waals surface area contributed by atoms with Gasteiger partial charge in [-0.25, -0.2) is 0 Å². The van der Waals surface area contributed by atoms with Gasteiger partial charge in [-0.05, 0) is 36.5 Å². The summed E-state index contributed by atoms with van der Waals surface area (Å²) in [5, 5.41) is 15.1. The second kappa shape index (κ2) is 7.16. The second-order valence-electron chi connectivity index (χ2n) is 5.74. The number of nitrogens with zero attached hydrogens (tertiary/aromatic N) is 3. The number of thiocarbonyl (C=S) groups is 1. The van der Waals surface area contributed by atoms with Gasteiger partial charge < -0.3 is 10.6 Å². The van der Waals surface area contributed by atoms with Gasteiger partial charge in [-0.15, -0.1) is 10.2 Å². The van der Waals surface area contributed by atoms with Crippen LogP contribution in [-0.2, 0) is 4.79 Å². The van der Waals surface area contributed by atoms with Crippen LogP contribution in [0.2, 0.25) is 5.02 Å². The Kier molecular flexibility index (Phi) is 4.96. The lowest BCUT2D eigenvalue weighted by molar-refractivity contribution is -0.122. The molecule has 0 unspecified atom stereocenters. The predicted molar refractivity (Wildman–Crippen MR) is 103 cm³/mol. The van der Waals surface area contributed by atoms with Crippen LogP contribution < -0.4 is 10.6 Å². The van der Waals surface area contributed by atoms with Crippen LogP contribution in [0.15, 0.2) is 42.5 Å². The second-order valence-corrected chi connectivity index (χ2v) is 6.56. The van der Waals surface area contributed by atoms with Gasteiger partial charge >= 0.3 is 0 Å². The van der Waals surface area contributed by atoms with Gasteiger partial charge in [0.1, 0.15) is 11.0 Å². The highest BCUT2D eigenvalue weighted by Gasteiger charge is 2.13. The molecule has 0 saturated heterocycles.